The molecule has 0 saturated heterocycles. The monoisotopic (exact) mass is 789 g/mol. The summed E-state index contributed by atoms with van der Waals surface area (Å²) in [5.41, 5.74) is 3.23. The topological polar surface area (TPSA) is 18.5 Å². The highest BCUT2D eigenvalue weighted by Crippen LogP contribution is 2.39. The number of para-hydroxylation sites is 1. The summed E-state index contributed by atoms with van der Waals surface area (Å²) in [6.45, 7) is 18.2. The van der Waals surface area contributed by atoms with Crippen molar-refractivity contribution in [3.8, 4) is 5.75 Å². The second kappa shape index (κ2) is 29.4. The van der Waals surface area contributed by atoms with Gasteiger partial charge in [-0.15, -0.1) is 0 Å². The third-order valence-corrected chi connectivity index (χ3v) is 10.3. The smallest absolute Gasteiger partial charge is 0.119 e. The lowest BCUT2D eigenvalue weighted by Gasteiger charge is -2.41. The normalized spacial score (nSPS) is 15.6. The van der Waals surface area contributed by atoms with Crippen LogP contribution in [0.3, 0.4) is 0 Å². The Labute approximate surface area is 347 Å². The Morgan fingerprint density at radius 1 is 0.648 bits per heavy atom. The van der Waals surface area contributed by atoms with Crippen LogP contribution in [0, 0.1) is 17.3 Å². The van der Waals surface area contributed by atoms with Gasteiger partial charge in [0.05, 0.1) is 54.5 Å². The minimum atomic E-state index is 0. The molecule has 4 nitrogen and oxygen atoms in total. The lowest BCUT2D eigenvalue weighted by Crippen LogP contribution is -3.00. The molecule has 0 saturated carbocycles. The number of rotatable bonds is 26. The van der Waals surface area contributed by atoms with Gasteiger partial charge in [-0.1, -0.05) is 158 Å². The average molecular weight is 790 g/mol. The van der Waals surface area contributed by atoms with Crippen LogP contribution in [0.1, 0.15) is 124 Å². The number of quaternary nitrogens is 2. The standard InChI is InChI=1S/C27H44NO2.C21H38N.2ClH/c1-23(2)20-25-12-14-27(15-13-25,21-24(3)4)22-28(5,6)16-17-29-18-19-30-26-10-8-7-9-11-26;1-4-5-6-7-8-9-10-11-12-16-19-22(2,3)20-21-17-14-13-15-18-21;;/h7-14,23-24H,15-22H2,1-6H3;13-15,17-18H,4-12,16,19-20H2,1-3H3;2*1H/q2*+1;;/p-2. The molecule has 0 N–H and O–H groups in total. The van der Waals surface area contributed by atoms with Crippen LogP contribution < -0.4 is 29.6 Å². The van der Waals surface area contributed by atoms with E-state index >= 15 is 0 Å². The van der Waals surface area contributed by atoms with E-state index in [4.69, 9.17) is 9.47 Å². The summed E-state index contributed by atoms with van der Waals surface area (Å²) in [5.74, 6) is 2.32. The van der Waals surface area contributed by atoms with E-state index < -0.39 is 0 Å². The Balaban J connectivity index is 0.00000105. The lowest BCUT2D eigenvalue weighted by molar-refractivity contribution is -0.903. The average Bonchev–Trinajstić information content (AvgIpc) is 3.08. The summed E-state index contributed by atoms with van der Waals surface area (Å²) >= 11 is 0. The summed E-state index contributed by atoms with van der Waals surface area (Å²) in [6, 6.07) is 20.8. The van der Waals surface area contributed by atoms with E-state index in [1.54, 1.807) is 0 Å². The molecule has 0 aromatic heterocycles. The van der Waals surface area contributed by atoms with Crippen LogP contribution in [0.4, 0.5) is 0 Å². The lowest BCUT2D eigenvalue weighted by atomic mass is 9.73. The van der Waals surface area contributed by atoms with Gasteiger partial charge in [-0.2, -0.15) is 0 Å². The van der Waals surface area contributed by atoms with Crippen LogP contribution in [0.25, 0.3) is 0 Å². The van der Waals surface area contributed by atoms with Gasteiger partial charge in [0.1, 0.15) is 25.4 Å². The fourth-order valence-electron chi connectivity index (χ4n) is 7.79. The van der Waals surface area contributed by atoms with Crippen LogP contribution in [0.15, 0.2) is 84.5 Å². The zero-order chi connectivity index (χ0) is 38.1. The summed E-state index contributed by atoms with van der Waals surface area (Å²) in [7, 11) is 9.40. The van der Waals surface area contributed by atoms with Gasteiger partial charge in [0.25, 0.3) is 0 Å². The minimum absolute atomic E-state index is 0. The number of benzene rings is 2. The van der Waals surface area contributed by atoms with Crippen molar-refractivity contribution in [1.82, 2.24) is 0 Å². The molecular formula is C48H82Cl2N2O2. The van der Waals surface area contributed by atoms with Gasteiger partial charge >= 0.3 is 0 Å². The number of nitrogens with zero attached hydrogens (tertiary/aromatic N) is 2. The summed E-state index contributed by atoms with van der Waals surface area (Å²) in [6.07, 6.45) is 25.3. The molecule has 6 heteroatoms. The maximum Gasteiger partial charge on any atom is 0.119 e. The molecule has 0 fully saturated rings. The SMILES string of the molecule is CC(C)CC1=CCC(CC(C)C)(C[N+](C)(C)CCOCCOc2ccccc2)C=C1.CCCCCCCCCCCC[N+](C)(C)Cc1ccccc1.[Cl-].[Cl-]. The highest BCUT2D eigenvalue weighted by atomic mass is 35.5. The quantitative estimate of drug-likeness (QED) is 0.0822. The molecule has 2 aromatic carbocycles. The van der Waals surface area contributed by atoms with Gasteiger partial charge in [0.15, 0.2) is 0 Å². The molecule has 0 bridgehead atoms. The molecule has 1 unspecified atom stereocenters. The van der Waals surface area contributed by atoms with Crippen LogP contribution in [0.2, 0.25) is 0 Å². The zero-order valence-corrected chi connectivity index (χ0v) is 37.8. The maximum absolute atomic E-state index is 5.88. The first-order valence-corrected chi connectivity index (χ1v) is 21.2. The van der Waals surface area contributed by atoms with E-state index in [9.17, 15) is 0 Å². The Kier molecular flexibility index (Phi) is 28.4. The van der Waals surface area contributed by atoms with E-state index in [-0.39, 0.29) is 30.2 Å². The molecule has 0 spiro atoms. The highest BCUT2D eigenvalue weighted by Gasteiger charge is 2.36. The van der Waals surface area contributed by atoms with Crippen molar-refractivity contribution >= 4 is 0 Å². The summed E-state index contributed by atoms with van der Waals surface area (Å²) < 4.78 is 13.7. The van der Waals surface area contributed by atoms with Crippen molar-refractivity contribution in [3.63, 3.8) is 0 Å². The van der Waals surface area contributed by atoms with Crippen LogP contribution in [-0.2, 0) is 11.3 Å². The third-order valence-electron chi connectivity index (χ3n) is 10.3. The Bertz CT molecular complexity index is 1230. The third kappa shape index (κ3) is 25.4. The van der Waals surface area contributed by atoms with Crippen LogP contribution >= 0.6 is 0 Å². The van der Waals surface area contributed by atoms with Crippen molar-refractivity contribution in [2.75, 3.05) is 67.6 Å². The molecule has 3 rings (SSSR count). The molecule has 0 amide bonds. The Hall–Kier alpha value is -1.82. The van der Waals surface area contributed by atoms with Gasteiger partial charge in [-0.05, 0) is 56.1 Å². The number of unbranched alkanes of at least 4 members (excludes halogenated alkanes) is 9. The molecule has 0 aliphatic heterocycles. The molecule has 0 heterocycles. The number of halogens is 2. The molecule has 1 aliphatic rings. The van der Waals surface area contributed by atoms with E-state index in [1.807, 2.05) is 30.3 Å². The van der Waals surface area contributed by atoms with Crippen molar-refractivity contribution < 1.29 is 43.3 Å². The predicted octanol–water partition coefficient (Wildman–Crippen LogP) is 6.32. The van der Waals surface area contributed by atoms with Gasteiger partial charge in [0, 0.05) is 11.0 Å². The van der Waals surface area contributed by atoms with Crippen molar-refractivity contribution in [1.29, 1.82) is 0 Å². The van der Waals surface area contributed by atoms with Gasteiger partial charge in [-0.25, -0.2) is 0 Å². The second-order valence-corrected chi connectivity index (χ2v) is 18.0. The number of hydrogen-bond donors (Lipinski definition) is 0. The fourth-order valence-corrected chi connectivity index (χ4v) is 7.79. The summed E-state index contributed by atoms with van der Waals surface area (Å²) in [5, 5.41) is 0. The van der Waals surface area contributed by atoms with Crippen LogP contribution in [-0.4, -0.2) is 76.6 Å². The molecule has 2 aromatic rings. The van der Waals surface area contributed by atoms with Crippen LogP contribution in [0.5, 0.6) is 5.75 Å². The van der Waals surface area contributed by atoms with Crippen molar-refractivity contribution in [3.05, 3.63) is 90.0 Å². The molecule has 1 aliphatic carbocycles. The summed E-state index contributed by atoms with van der Waals surface area (Å²) in [4.78, 5) is 0. The highest BCUT2D eigenvalue weighted by molar-refractivity contribution is 5.27. The first-order chi connectivity index (χ1) is 24.8. The van der Waals surface area contributed by atoms with Crippen molar-refractivity contribution in [2.24, 2.45) is 17.3 Å². The molecule has 54 heavy (non-hydrogen) atoms. The minimum Gasteiger partial charge on any atom is -1.00 e. The molecular weight excluding hydrogens is 707 g/mol. The Morgan fingerprint density at radius 3 is 1.76 bits per heavy atom. The predicted molar refractivity (Wildman–Crippen MR) is 227 cm³/mol. The molecule has 0 radical (unpaired) electrons. The number of likely N-dealkylation sites (N-methyl/N-ethyl adjacent to an activating group) is 1. The zero-order valence-electron chi connectivity index (χ0n) is 36.3. The van der Waals surface area contributed by atoms with Gasteiger partial charge in [-0.3, -0.25) is 0 Å². The van der Waals surface area contributed by atoms with E-state index in [1.165, 1.54) is 94.7 Å². The first-order valence-electron chi connectivity index (χ1n) is 21.2. The maximum atomic E-state index is 5.88. The largest absolute Gasteiger partial charge is 1.00 e. The second-order valence-electron chi connectivity index (χ2n) is 18.0. The number of allylic oxidation sites excluding steroid dienone is 3. The van der Waals surface area contributed by atoms with Crippen molar-refractivity contribution in [2.45, 2.75) is 125 Å². The van der Waals surface area contributed by atoms with Gasteiger partial charge in [0.2, 0.25) is 0 Å². The van der Waals surface area contributed by atoms with Gasteiger partial charge < -0.3 is 43.3 Å². The number of ether oxygens (including phenoxy) is 2. The molecule has 310 valence electrons. The first kappa shape index (κ1) is 52.2. The van der Waals surface area contributed by atoms with E-state index in [2.05, 4.69) is 111 Å². The van der Waals surface area contributed by atoms with E-state index in [0.717, 1.165) is 47.4 Å². The molecule has 1 atom stereocenters. The number of hydrogen-bond acceptors (Lipinski definition) is 2. The Morgan fingerprint density at radius 2 is 1.22 bits per heavy atom. The van der Waals surface area contributed by atoms with E-state index in [0.29, 0.717) is 25.0 Å². The fraction of sp³-hybridized carbons (Fsp3) is 0.667.